The van der Waals surface area contributed by atoms with Gasteiger partial charge in [-0.2, -0.15) is 0 Å². The summed E-state index contributed by atoms with van der Waals surface area (Å²) in [5.41, 5.74) is 12.6. The highest BCUT2D eigenvalue weighted by Gasteiger charge is 2.30. The molecule has 3 rings (SSSR count). The summed E-state index contributed by atoms with van der Waals surface area (Å²) in [7, 11) is 1.25. The third-order valence-electron chi connectivity index (χ3n) is 6.46. The van der Waals surface area contributed by atoms with Crippen molar-refractivity contribution in [1.82, 2.24) is 20.5 Å². The summed E-state index contributed by atoms with van der Waals surface area (Å²) in [5, 5.41) is 9.18. The van der Waals surface area contributed by atoms with Gasteiger partial charge in [-0.25, -0.2) is 4.79 Å². The van der Waals surface area contributed by atoms with E-state index in [0.29, 0.717) is 25.9 Å². The van der Waals surface area contributed by atoms with Crippen LogP contribution in [0.1, 0.15) is 38.2 Å². The fourth-order valence-electron chi connectivity index (χ4n) is 4.57. The zero-order chi connectivity index (χ0) is 28.4. The molecule has 0 radical (unpaired) electrons. The molecule has 0 saturated carbocycles. The van der Waals surface area contributed by atoms with Crippen LogP contribution in [0.4, 0.5) is 0 Å². The number of carbonyl (C=O) groups is 4. The molecule has 2 bridgehead atoms. The molecular formula is C27H37N7O5. The zero-order valence-corrected chi connectivity index (χ0v) is 22.3. The lowest BCUT2D eigenvalue weighted by Gasteiger charge is -2.24. The number of guanidine groups is 1. The van der Waals surface area contributed by atoms with Crippen LogP contribution in [0.25, 0.3) is 10.9 Å². The number of nitrogens with one attached hydrogen (secondary N) is 3. The van der Waals surface area contributed by atoms with Crippen LogP contribution in [0.15, 0.2) is 47.6 Å². The number of allylic oxidation sites excluding steroid dienone is 1. The van der Waals surface area contributed by atoms with Crippen molar-refractivity contribution in [2.75, 3.05) is 13.7 Å². The standard InChI is InChI=1S/C27H37N7O5/c1-17(35)31-22-15-18-16-34(23-12-4-3-9-19(18)23)14-8-6-11-21(26(38)39-2)33-24(36)20(32-25(22)37)10-5-7-13-30-27(28)29/h3-4,6,8-9,12,16,20-22H,5,7,10-11,13-15H2,1-2H3,(H,31,35)(H,32,37)(H,33,36)(H4,28,29,30)/b8-6-/t20-,21+,22?/m1/s1. The molecule has 1 aliphatic rings. The number of carbonyl (C=O) groups excluding carboxylic acids is 4. The number of ether oxygens (including phenoxy) is 1. The maximum absolute atomic E-state index is 13.5. The van der Waals surface area contributed by atoms with E-state index in [1.54, 1.807) is 0 Å². The summed E-state index contributed by atoms with van der Waals surface area (Å²) >= 11 is 0. The van der Waals surface area contributed by atoms with Crippen molar-refractivity contribution in [2.24, 2.45) is 16.5 Å². The van der Waals surface area contributed by atoms with Crippen LogP contribution < -0.4 is 27.4 Å². The average Bonchev–Trinajstić information content (AvgIpc) is 3.24. The Hall–Kier alpha value is -4.35. The van der Waals surface area contributed by atoms with Gasteiger partial charge >= 0.3 is 5.97 Å². The highest BCUT2D eigenvalue weighted by Crippen LogP contribution is 2.23. The Labute approximate surface area is 227 Å². The van der Waals surface area contributed by atoms with Gasteiger partial charge in [0.25, 0.3) is 0 Å². The smallest absolute Gasteiger partial charge is 0.328 e. The van der Waals surface area contributed by atoms with Crippen molar-refractivity contribution in [3.8, 4) is 0 Å². The Kier molecular flexibility index (Phi) is 10.5. The maximum Gasteiger partial charge on any atom is 0.328 e. The maximum atomic E-state index is 13.5. The second kappa shape index (κ2) is 14.0. The Morgan fingerprint density at radius 3 is 2.62 bits per heavy atom. The number of benzene rings is 1. The lowest BCUT2D eigenvalue weighted by atomic mass is 10.0. The van der Waals surface area contributed by atoms with E-state index < -0.39 is 35.9 Å². The number of para-hydroxylation sites is 1. The van der Waals surface area contributed by atoms with Gasteiger partial charge in [0.2, 0.25) is 17.7 Å². The minimum Gasteiger partial charge on any atom is -0.467 e. The number of methoxy groups -OCH3 is 1. The summed E-state index contributed by atoms with van der Waals surface area (Å²) in [6, 6.07) is 4.99. The topological polar surface area (TPSA) is 183 Å². The van der Waals surface area contributed by atoms with Gasteiger partial charge in [-0.1, -0.05) is 30.4 Å². The first-order chi connectivity index (χ1) is 18.7. The van der Waals surface area contributed by atoms with Crippen molar-refractivity contribution in [1.29, 1.82) is 0 Å². The number of nitrogens with two attached hydrogens (primary N) is 2. The minimum absolute atomic E-state index is 0.0246. The van der Waals surface area contributed by atoms with E-state index in [-0.39, 0.29) is 31.1 Å². The Morgan fingerprint density at radius 1 is 1.13 bits per heavy atom. The number of esters is 1. The molecule has 3 atom stereocenters. The highest BCUT2D eigenvalue weighted by molar-refractivity contribution is 5.94. The van der Waals surface area contributed by atoms with Crippen molar-refractivity contribution in [2.45, 2.75) is 63.7 Å². The van der Waals surface area contributed by atoms with E-state index in [1.807, 2.05) is 47.2 Å². The Balaban J connectivity index is 1.96. The summed E-state index contributed by atoms with van der Waals surface area (Å²) < 4.78 is 6.93. The van der Waals surface area contributed by atoms with E-state index >= 15 is 0 Å². The molecule has 2 heterocycles. The van der Waals surface area contributed by atoms with Crippen LogP contribution >= 0.6 is 0 Å². The number of hydrogen-bond acceptors (Lipinski definition) is 6. The fourth-order valence-corrected chi connectivity index (χ4v) is 4.57. The first-order valence-electron chi connectivity index (χ1n) is 12.9. The number of hydrogen-bond donors (Lipinski definition) is 5. The number of aliphatic imine (C=N–C) groups is 1. The second-order valence-corrected chi connectivity index (χ2v) is 9.44. The normalized spacial score (nSPS) is 21.0. The van der Waals surface area contributed by atoms with Crippen LogP contribution in [0.2, 0.25) is 0 Å². The van der Waals surface area contributed by atoms with Crippen LogP contribution in [0.3, 0.4) is 0 Å². The van der Waals surface area contributed by atoms with E-state index in [0.717, 1.165) is 16.5 Å². The SMILES string of the molecule is COC(=O)[C@@H]1C/C=C\Cn2cc(c3ccccc32)CC(NC(C)=O)C(=O)N[C@H](CCCCN=C(N)N)C(=O)N1. The molecule has 39 heavy (non-hydrogen) atoms. The summed E-state index contributed by atoms with van der Waals surface area (Å²) in [5.74, 6) is -2.03. The Bertz CT molecular complexity index is 1250. The monoisotopic (exact) mass is 539 g/mol. The minimum atomic E-state index is -0.962. The molecule has 210 valence electrons. The van der Waals surface area contributed by atoms with Crippen LogP contribution in [0, 0.1) is 0 Å². The molecule has 0 saturated heterocycles. The number of unbranched alkanes of at least 4 members (excludes halogenated alkanes) is 1. The quantitative estimate of drug-likeness (QED) is 0.110. The van der Waals surface area contributed by atoms with Gasteiger partial charge in [0, 0.05) is 43.5 Å². The molecule has 1 unspecified atom stereocenters. The lowest BCUT2D eigenvalue weighted by Crippen LogP contribution is -2.56. The predicted molar refractivity (Wildman–Crippen MR) is 147 cm³/mol. The molecular weight excluding hydrogens is 502 g/mol. The molecule has 1 aliphatic heterocycles. The molecule has 7 N–H and O–H groups in total. The van der Waals surface area contributed by atoms with Gasteiger partial charge in [0.1, 0.15) is 18.1 Å². The van der Waals surface area contributed by atoms with Crippen molar-refractivity contribution >= 4 is 40.6 Å². The Morgan fingerprint density at radius 2 is 1.90 bits per heavy atom. The van der Waals surface area contributed by atoms with Gasteiger partial charge in [-0.05, 0) is 37.3 Å². The van der Waals surface area contributed by atoms with Crippen LogP contribution in [0.5, 0.6) is 0 Å². The van der Waals surface area contributed by atoms with E-state index in [1.165, 1.54) is 14.0 Å². The first-order valence-corrected chi connectivity index (χ1v) is 12.9. The van der Waals surface area contributed by atoms with Gasteiger partial charge in [0.15, 0.2) is 5.96 Å². The highest BCUT2D eigenvalue weighted by atomic mass is 16.5. The molecule has 1 aromatic carbocycles. The molecule has 12 nitrogen and oxygen atoms in total. The molecule has 1 aromatic heterocycles. The average molecular weight is 540 g/mol. The van der Waals surface area contributed by atoms with Crippen LogP contribution in [-0.4, -0.2) is 66.0 Å². The molecule has 0 aliphatic carbocycles. The predicted octanol–water partition coefficient (Wildman–Crippen LogP) is 0.235. The fraction of sp³-hybridized carbons (Fsp3) is 0.444. The van der Waals surface area contributed by atoms with Crippen molar-refractivity contribution in [3.63, 3.8) is 0 Å². The summed E-state index contributed by atoms with van der Waals surface area (Å²) in [6.07, 6.45) is 7.50. The van der Waals surface area contributed by atoms with Gasteiger partial charge in [-0.3, -0.25) is 19.4 Å². The van der Waals surface area contributed by atoms with Gasteiger partial charge < -0.3 is 36.7 Å². The zero-order valence-electron chi connectivity index (χ0n) is 22.3. The van der Waals surface area contributed by atoms with Crippen molar-refractivity contribution in [3.05, 3.63) is 48.2 Å². The second-order valence-electron chi connectivity index (χ2n) is 9.44. The number of fused-ring (bicyclic) bond motifs is 5. The number of amides is 3. The van der Waals surface area contributed by atoms with Gasteiger partial charge in [-0.15, -0.1) is 0 Å². The van der Waals surface area contributed by atoms with E-state index in [4.69, 9.17) is 16.2 Å². The van der Waals surface area contributed by atoms with Crippen molar-refractivity contribution < 1.29 is 23.9 Å². The van der Waals surface area contributed by atoms with Crippen LogP contribution in [-0.2, 0) is 36.9 Å². The number of rotatable bonds is 7. The molecule has 2 aromatic rings. The van der Waals surface area contributed by atoms with Gasteiger partial charge in [0.05, 0.1) is 7.11 Å². The van der Waals surface area contributed by atoms with E-state index in [9.17, 15) is 19.2 Å². The molecule has 0 fully saturated rings. The third kappa shape index (κ3) is 8.32. The molecule has 0 spiro atoms. The number of nitrogens with zero attached hydrogens (tertiary/aromatic N) is 2. The summed E-state index contributed by atoms with van der Waals surface area (Å²) in [4.78, 5) is 55.2. The summed E-state index contributed by atoms with van der Waals surface area (Å²) in [6.45, 7) is 2.22. The van der Waals surface area contributed by atoms with E-state index in [2.05, 4.69) is 20.9 Å². The molecule has 12 heteroatoms. The lowest BCUT2D eigenvalue weighted by molar-refractivity contribution is -0.145. The third-order valence-corrected chi connectivity index (χ3v) is 6.46. The molecule has 3 amide bonds. The largest absolute Gasteiger partial charge is 0.467 e. The number of aromatic nitrogens is 1. The first kappa shape index (κ1) is 29.2.